The highest BCUT2D eigenvalue weighted by atomic mass is 16.5. The molecule has 2 aliphatic rings. The topological polar surface area (TPSA) is 88.8 Å². The van der Waals surface area contributed by atoms with Gasteiger partial charge in [-0.3, -0.25) is 9.59 Å². The van der Waals surface area contributed by atoms with Crippen molar-refractivity contribution < 1.29 is 14.3 Å². The molecule has 0 bridgehead atoms. The monoisotopic (exact) mass is 439 g/mol. The van der Waals surface area contributed by atoms with Gasteiger partial charge in [-0.05, 0) is 53.1 Å². The van der Waals surface area contributed by atoms with Crippen LogP contribution < -0.4 is 10.1 Å². The van der Waals surface area contributed by atoms with Crippen LogP contribution >= 0.6 is 0 Å². The number of imidazole rings is 1. The van der Waals surface area contributed by atoms with Crippen molar-refractivity contribution >= 4 is 17.5 Å². The maximum Gasteiger partial charge on any atom is 0.272 e. The van der Waals surface area contributed by atoms with Crippen LogP contribution in [0.25, 0.3) is 16.8 Å². The van der Waals surface area contributed by atoms with Gasteiger partial charge in [0.1, 0.15) is 11.4 Å². The molecule has 164 valence electrons. The van der Waals surface area contributed by atoms with Crippen LogP contribution in [0.2, 0.25) is 0 Å². The summed E-state index contributed by atoms with van der Waals surface area (Å²) in [4.78, 5) is 31.2. The van der Waals surface area contributed by atoms with E-state index in [0.29, 0.717) is 30.9 Å². The average Bonchev–Trinajstić information content (AvgIpc) is 3.39. The Balaban J connectivity index is 1.31. The highest BCUT2D eigenvalue weighted by Gasteiger charge is 2.27. The number of nitrogens with zero attached hydrogens (tertiary/aromatic N) is 4. The van der Waals surface area contributed by atoms with Crippen molar-refractivity contribution in [1.82, 2.24) is 24.8 Å². The van der Waals surface area contributed by atoms with Crippen molar-refractivity contribution in [3.8, 4) is 16.9 Å². The number of aromatic nitrogens is 3. The van der Waals surface area contributed by atoms with Gasteiger partial charge in [0.05, 0.1) is 18.8 Å². The molecule has 1 unspecified atom stereocenters. The molecule has 1 atom stereocenters. The van der Waals surface area contributed by atoms with E-state index in [-0.39, 0.29) is 17.9 Å². The predicted molar refractivity (Wildman–Crippen MR) is 121 cm³/mol. The maximum absolute atomic E-state index is 13.1. The van der Waals surface area contributed by atoms with Gasteiger partial charge in [-0.15, -0.1) is 0 Å². The Hall–Kier alpha value is -4.20. The minimum absolute atomic E-state index is 0.0556. The molecule has 8 heteroatoms. The van der Waals surface area contributed by atoms with E-state index >= 15 is 0 Å². The molecule has 8 nitrogen and oxygen atoms in total. The number of ether oxygens (including phenoxy) is 1. The molecule has 1 N–H and O–H groups in total. The zero-order chi connectivity index (χ0) is 22.5. The van der Waals surface area contributed by atoms with Gasteiger partial charge in [-0.1, -0.05) is 12.1 Å². The summed E-state index contributed by atoms with van der Waals surface area (Å²) in [5.41, 5.74) is 5.78. The van der Waals surface area contributed by atoms with E-state index in [2.05, 4.69) is 27.5 Å². The molecule has 0 saturated carbocycles. The summed E-state index contributed by atoms with van der Waals surface area (Å²) in [5, 5.41) is 7.36. The summed E-state index contributed by atoms with van der Waals surface area (Å²) in [6.07, 6.45) is 3.83. The fraction of sp³-hybridized carbons (Fsp3) is 0.200. The van der Waals surface area contributed by atoms with E-state index in [4.69, 9.17) is 4.74 Å². The lowest BCUT2D eigenvalue weighted by Crippen LogP contribution is -2.33. The third kappa shape index (κ3) is 3.22. The van der Waals surface area contributed by atoms with Gasteiger partial charge in [0.2, 0.25) is 0 Å². The molecule has 0 aliphatic carbocycles. The van der Waals surface area contributed by atoms with E-state index in [1.54, 1.807) is 17.2 Å². The highest BCUT2D eigenvalue weighted by Crippen LogP contribution is 2.36. The Morgan fingerprint density at radius 1 is 1.15 bits per heavy atom. The van der Waals surface area contributed by atoms with Gasteiger partial charge in [0, 0.05) is 37.3 Å². The molecule has 4 aromatic rings. The molecule has 0 saturated heterocycles. The lowest BCUT2D eigenvalue weighted by Gasteiger charge is -2.27. The van der Waals surface area contributed by atoms with Gasteiger partial charge < -0.3 is 15.0 Å². The third-order valence-corrected chi connectivity index (χ3v) is 6.29. The zero-order valence-electron chi connectivity index (χ0n) is 18.0. The van der Waals surface area contributed by atoms with Crippen LogP contribution in [0.5, 0.6) is 5.75 Å². The molecular formula is C25H21N5O3. The molecule has 0 spiro atoms. The smallest absolute Gasteiger partial charge is 0.272 e. The number of hydrogen-bond acceptors (Lipinski definition) is 5. The first-order chi connectivity index (χ1) is 16.1. The lowest BCUT2D eigenvalue weighted by molar-refractivity contribution is 0.0816. The largest absolute Gasteiger partial charge is 0.493 e. The molecular weight excluding hydrogens is 418 g/mol. The summed E-state index contributed by atoms with van der Waals surface area (Å²) in [6.45, 7) is 1.14. The van der Waals surface area contributed by atoms with Gasteiger partial charge in [-0.2, -0.15) is 5.10 Å². The number of carbonyl (C=O) groups is 2. The molecule has 2 aromatic heterocycles. The van der Waals surface area contributed by atoms with Gasteiger partial charge >= 0.3 is 0 Å². The number of fused-ring (bicyclic) bond motifs is 3. The number of rotatable bonds is 3. The molecule has 2 aromatic carbocycles. The quantitative estimate of drug-likeness (QED) is 0.530. The van der Waals surface area contributed by atoms with Crippen LogP contribution in [0.15, 0.2) is 60.9 Å². The van der Waals surface area contributed by atoms with Crippen molar-refractivity contribution in [3.63, 3.8) is 0 Å². The first-order valence-electron chi connectivity index (χ1n) is 10.8. The SMILES string of the molecule is CN1Cc2cc(-c3ccc4c(c3)C(NC(=O)c3cnc5cccnn35)CCO4)ccc2C1=O. The van der Waals surface area contributed by atoms with Crippen LogP contribution in [0.4, 0.5) is 0 Å². The van der Waals surface area contributed by atoms with Gasteiger partial charge in [-0.25, -0.2) is 9.50 Å². The Labute approximate surface area is 189 Å². The minimum Gasteiger partial charge on any atom is -0.493 e. The van der Waals surface area contributed by atoms with Crippen molar-refractivity contribution in [1.29, 1.82) is 0 Å². The zero-order valence-corrected chi connectivity index (χ0v) is 18.0. The van der Waals surface area contributed by atoms with Crippen LogP contribution in [-0.2, 0) is 6.54 Å². The Morgan fingerprint density at radius 3 is 2.91 bits per heavy atom. The highest BCUT2D eigenvalue weighted by molar-refractivity contribution is 5.98. The Bertz CT molecular complexity index is 1430. The average molecular weight is 439 g/mol. The summed E-state index contributed by atoms with van der Waals surface area (Å²) >= 11 is 0. The van der Waals surface area contributed by atoms with Crippen molar-refractivity contribution in [3.05, 3.63) is 83.3 Å². The van der Waals surface area contributed by atoms with E-state index in [1.165, 1.54) is 10.7 Å². The molecule has 4 heterocycles. The Morgan fingerprint density at radius 2 is 2.00 bits per heavy atom. The predicted octanol–water partition coefficient (Wildman–Crippen LogP) is 3.24. The van der Waals surface area contributed by atoms with Crippen LogP contribution in [-0.4, -0.2) is 45.0 Å². The van der Waals surface area contributed by atoms with E-state index < -0.39 is 0 Å². The molecule has 6 rings (SSSR count). The maximum atomic E-state index is 13.1. The minimum atomic E-state index is -0.233. The normalized spacial score (nSPS) is 16.9. The standard InChI is InChI=1S/C25H21N5O3/c1-29-14-17-11-15(4-6-18(17)25(29)32)16-5-7-22-19(12-16)20(8-10-33-22)28-24(31)21-13-26-23-3-2-9-27-30(21)23/h2-7,9,11-13,20H,8,10,14H2,1H3,(H,28,31). The third-order valence-electron chi connectivity index (χ3n) is 6.29. The second kappa shape index (κ2) is 7.44. The first kappa shape index (κ1) is 19.5. The van der Waals surface area contributed by atoms with Crippen LogP contribution in [0, 0.1) is 0 Å². The number of hydrogen-bond donors (Lipinski definition) is 1. The molecule has 0 radical (unpaired) electrons. The number of nitrogens with one attached hydrogen (secondary N) is 1. The molecule has 2 amide bonds. The summed E-state index contributed by atoms with van der Waals surface area (Å²) in [5.74, 6) is 0.589. The van der Waals surface area contributed by atoms with Crippen LogP contribution in [0.1, 0.15) is 44.4 Å². The number of benzene rings is 2. The fourth-order valence-corrected chi connectivity index (χ4v) is 4.59. The number of amides is 2. The second-order valence-electron chi connectivity index (χ2n) is 8.39. The van der Waals surface area contributed by atoms with Gasteiger partial charge in [0.25, 0.3) is 11.8 Å². The fourth-order valence-electron chi connectivity index (χ4n) is 4.59. The first-order valence-corrected chi connectivity index (χ1v) is 10.8. The van der Waals surface area contributed by atoms with E-state index in [0.717, 1.165) is 33.6 Å². The molecule has 33 heavy (non-hydrogen) atoms. The molecule has 2 aliphatic heterocycles. The summed E-state index contributed by atoms with van der Waals surface area (Å²) in [6, 6.07) is 15.4. The van der Waals surface area contributed by atoms with Crippen LogP contribution in [0.3, 0.4) is 0 Å². The summed E-state index contributed by atoms with van der Waals surface area (Å²) in [7, 11) is 1.81. The van der Waals surface area contributed by atoms with E-state index in [1.807, 2.05) is 37.4 Å². The van der Waals surface area contributed by atoms with Gasteiger partial charge in [0.15, 0.2) is 5.65 Å². The summed E-state index contributed by atoms with van der Waals surface area (Å²) < 4.78 is 7.39. The van der Waals surface area contributed by atoms with Crippen molar-refractivity contribution in [2.24, 2.45) is 0 Å². The lowest BCUT2D eigenvalue weighted by atomic mass is 9.94. The number of carbonyl (C=O) groups excluding carboxylic acids is 2. The van der Waals surface area contributed by atoms with Crippen molar-refractivity contribution in [2.75, 3.05) is 13.7 Å². The van der Waals surface area contributed by atoms with Crippen molar-refractivity contribution in [2.45, 2.75) is 19.0 Å². The second-order valence-corrected chi connectivity index (χ2v) is 8.39. The van der Waals surface area contributed by atoms with E-state index in [9.17, 15) is 9.59 Å². The Kier molecular flexibility index (Phi) is 4.39. The molecule has 0 fully saturated rings.